The van der Waals surface area contributed by atoms with Crippen molar-refractivity contribution in [1.29, 1.82) is 0 Å². The summed E-state index contributed by atoms with van der Waals surface area (Å²) >= 11 is 0. The molecule has 6 nitrogen and oxygen atoms in total. The number of hydrogen-bond donors (Lipinski definition) is 2. The molecule has 0 bridgehead atoms. The molecule has 1 fully saturated rings. The molecule has 1 saturated heterocycles. The monoisotopic (exact) mass is 373 g/mol. The predicted octanol–water partition coefficient (Wildman–Crippen LogP) is 3.30. The maximum atomic E-state index is 12.4. The Morgan fingerprint density at radius 1 is 0.962 bits per heavy atom. The fraction of sp³-hybridized carbons (Fsp3) is 0.316. The Bertz CT molecular complexity index is 873. The van der Waals surface area contributed by atoms with Crippen LogP contribution in [0.3, 0.4) is 0 Å². The van der Waals surface area contributed by atoms with Crippen molar-refractivity contribution >= 4 is 33.0 Å². The van der Waals surface area contributed by atoms with Crippen molar-refractivity contribution in [3.63, 3.8) is 0 Å². The fourth-order valence-corrected chi connectivity index (χ4v) is 3.60. The van der Waals surface area contributed by atoms with E-state index in [0.717, 1.165) is 19.3 Å². The molecule has 2 aromatic carbocycles. The molecule has 0 spiro atoms. The van der Waals surface area contributed by atoms with Crippen molar-refractivity contribution < 1.29 is 13.2 Å². The first-order chi connectivity index (χ1) is 12.4. The average Bonchev–Trinajstić information content (AvgIpc) is 2.62. The minimum atomic E-state index is -3.38. The molecule has 138 valence electrons. The number of nitrogens with zero attached hydrogens (tertiary/aromatic N) is 1. The second-order valence-corrected chi connectivity index (χ2v) is 8.25. The Labute approximate surface area is 154 Å². The molecule has 1 amide bonds. The van der Waals surface area contributed by atoms with Crippen LogP contribution in [0.25, 0.3) is 0 Å². The quantitative estimate of drug-likeness (QED) is 0.843. The summed E-state index contributed by atoms with van der Waals surface area (Å²) < 4.78 is 25.0. The zero-order valence-electron chi connectivity index (χ0n) is 14.7. The first kappa shape index (κ1) is 18.3. The summed E-state index contributed by atoms with van der Waals surface area (Å²) in [6.45, 7) is 2.15. The van der Waals surface area contributed by atoms with Crippen molar-refractivity contribution in [2.45, 2.75) is 19.3 Å². The van der Waals surface area contributed by atoms with Crippen molar-refractivity contribution in [3.8, 4) is 0 Å². The maximum absolute atomic E-state index is 12.4. The highest BCUT2D eigenvalue weighted by Gasteiger charge is 2.12. The second-order valence-electron chi connectivity index (χ2n) is 6.50. The number of benzene rings is 2. The minimum Gasteiger partial charge on any atom is -0.372 e. The van der Waals surface area contributed by atoms with E-state index in [1.165, 1.54) is 31.0 Å². The lowest BCUT2D eigenvalue weighted by atomic mass is 10.1. The van der Waals surface area contributed by atoms with E-state index in [2.05, 4.69) is 14.9 Å². The molecule has 3 rings (SSSR count). The minimum absolute atomic E-state index is 0.284. The zero-order chi connectivity index (χ0) is 18.6. The lowest BCUT2D eigenvalue weighted by Crippen LogP contribution is -2.29. The molecule has 26 heavy (non-hydrogen) atoms. The number of hydrogen-bond acceptors (Lipinski definition) is 4. The van der Waals surface area contributed by atoms with Gasteiger partial charge in [0.1, 0.15) is 0 Å². The molecule has 0 unspecified atom stereocenters. The van der Waals surface area contributed by atoms with E-state index in [9.17, 15) is 13.2 Å². The fourth-order valence-electron chi connectivity index (χ4n) is 3.05. The van der Waals surface area contributed by atoms with E-state index < -0.39 is 10.0 Å². The lowest BCUT2D eigenvalue weighted by Gasteiger charge is -2.28. The summed E-state index contributed by atoms with van der Waals surface area (Å²) in [6, 6.07) is 14.2. The van der Waals surface area contributed by atoms with Crippen LogP contribution in [-0.4, -0.2) is 33.7 Å². The summed E-state index contributed by atoms with van der Waals surface area (Å²) in [7, 11) is -3.38. The highest BCUT2D eigenvalue weighted by molar-refractivity contribution is 7.92. The van der Waals surface area contributed by atoms with E-state index >= 15 is 0 Å². The third-order valence-electron chi connectivity index (χ3n) is 4.27. The molecule has 0 aromatic heterocycles. The number of carbonyl (C=O) groups is 1. The molecule has 1 aliphatic rings. The van der Waals surface area contributed by atoms with Crippen LogP contribution in [0.15, 0.2) is 48.5 Å². The van der Waals surface area contributed by atoms with Gasteiger partial charge in [-0.2, -0.15) is 0 Å². The van der Waals surface area contributed by atoms with Crippen LogP contribution in [0.1, 0.15) is 29.6 Å². The third-order valence-corrected chi connectivity index (χ3v) is 4.88. The number of nitrogens with one attached hydrogen (secondary N) is 2. The van der Waals surface area contributed by atoms with Crippen LogP contribution in [0.5, 0.6) is 0 Å². The van der Waals surface area contributed by atoms with Gasteiger partial charge < -0.3 is 10.2 Å². The van der Waals surface area contributed by atoms with Crippen LogP contribution in [0, 0.1) is 0 Å². The van der Waals surface area contributed by atoms with Gasteiger partial charge in [-0.05, 0) is 61.7 Å². The predicted molar refractivity (Wildman–Crippen MR) is 105 cm³/mol. The highest BCUT2D eigenvalue weighted by atomic mass is 32.2. The summed E-state index contributed by atoms with van der Waals surface area (Å²) in [5, 5.41) is 2.84. The van der Waals surface area contributed by atoms with Gasteiger partial charge in [-0.3, -0.25) is 9.52 Å². The molecular formula is C19H23N3O3S. The third kappa shape index (κ3) is 4.98. The van der Waals surface area contributed by atoms with Crippen LogP contribution < -0.4 is 14.9 Å². The van der Waals surface area contributed by atoms with Gasteiger partial charge in [0.25, 0.3) is 5.91 Å². The van der Waals surface area contributed by atoms with Gasteiger partial charge >= 0.3 is 0 Å². The Morgan fingerprint density at radius 2 is 1.65 bits per heavy atom. The van der Waals surface area contributed by atoms with Crippen molar-refractivity contribution in [2.75, 3.05) is 34.3 Å². The molecule has 1 heterocycles. The first-order valence-electron chi connectivity index (χ1n) is 8.65. The van der Waals surface area contributed by atoms with Crippen LogP contribution >= 0.6 is 0 Å². The van der Waals surface area contributed by atoms with Crippen molar-refractivity contribution in [3.05, 3.63) is 54.1 Å². The molecule has 1 aliphatic heterocycles. The number of rotatable bonds is 5. The first-order valence-corrected chi connectivity index (χ1v) is 10.5. The summed E-state index contributed by atoms with van der Waals surface area (Å²) in [5.74, 6) is -0.284. The Hall–Kier alpha value is -2.54. The highest BCUT2D eigenvalue weighted by Crippen LogP contribution is 2.22. The van der Waals surface area contributed by atoms with Gasteiger partial charge in [-0.1, -0.05) is 6.07 Å². The van der Waals surface area contributed by atoms with Crippen molar-refractivity contribution in [2.24, 2.45) is 0 Å². The summed E-state index contributed by atoms with van der Waals surface area (Å²) in [5.41, 5.74) is 2.62. The van der Waals surface area contributed by atoms with E-state index in [4.69, 9.17) is 0 Å². The molecule has 2 N–H and O–H groups in total. The number of anilines is 3. The molecular weight excluding hydrogens is 350 g/mol. The van der Waals surface area contributed by atoms with E-state index in [-0.39, 0.29) is 5.91 Å². The van der Waals surface area contributed by atoms with Gasteiger partial charge in [-0.25, -0.2) is 8.42 Å². The lowest BCUT2D eigenvalue weighted by molar-refractivity contribution is 0.102. The van der Waals surface area contributed by atoms with Gasteiger partial charge in [-0.15, -0.1) is 0 Å². The van der Waals surface area contributed by atoms with Gasteiger partial charge in [0, 0.05) is 35.7 Å². The topological polar surface area (TPSA) is 78.5 Å². The molecule has 0 atom stereocenters. The van der Waals surface area contributed by atoms with Crippen LogP contribution in [0.4, 0.5) is 17.1 Å². The van der Waals surface area contributed by atoms with E-state index in [0.29, 0.717) is 16.9 Å². The van der Waals surface area contributed by atoms with Gasteiger partial charge in [0.15, 0.2) is 0 Å². The Kier molecular flexibility index (Phi) is 5.46. The molecule has 0 radical (unpaired) electrons. The summed E-state index contributed by atoms with van der Waals surface area (Å²) in [4.78, 5) is 14.8. The second kappa shape index (κ2) is 7.78. The largest absolute Gasteiger partial charge is 0.372 e. The molecule has 0 saturated carbocycles. The smallest absolute Gasteiger partial charge is 0.255 e. The summed E-state index contributed by atoms with van der Waals surface area (Å²) in [6.07, 6.45) is 4.80. The molecule has 2 aromatic rings. The maximum Gasteiger partial charge on any atom is 0.255 e. The number of piperidine rings is 1. The SMILES string of the molecule is CS(=O)(=O)Nc1cccc(C(=O)Nc2ccc(N3CCCCC3)cc2)c1. The number of carbonyl (C=O) groups excluding carboxylic acids is 1. The van der Waals surface area contributed by atoms with Crippen LogP contribution in [0.2, 0.25) is 0 Å². The van der Waals surface area contributed by atoms with Gasteiger partial charge in [0.2, 0.25) is 10.0 Å². The van der Waals surface area contributed by atoms with Gasteiger partial charge in [0.05, 0.1) is 6.26 Å². The molecule has 7 heteroatoms. The molecule has 0 aliphatic carbocycles. The van der Waals surface area contributed by atoms with Crippen LogP contribution in [-0.2, 0) is 10.0 Å². The van der Waals surface area contributed by atoms with Crippen molar-refractivity contribution in [1.82, 2.24) is 0 Å². The Balaban J connectivity index is 1.67. The standard InChI is InChI=1S/C19H23N3O3S/c1-26(24,25)21-17-7-5-6-15(14-17)19(23)20-16-8-10-18(11-9-16)22-12-3-2-4-13-22/h5-11,14,21H,2-4,12-13H2,1H3,(H,20,23). The average molecular weight is 373 g/mol. The Morgan fingerprint density at radius 3 is 2.31 bits per heavy atom. The zero-order valence-corrected chi connectivity index (χ0v) is 15.6. The number of sulfonamides is 1. The van der Waals surface area contributed by atoms with E-state index in [1.807, 2.05) is 24.3 Å². The normalized spacial score (nSPS) is 14.7. The van der Waals surface area contributed by atoms with E-state index in [1.54, 1.807) is 18.2 Å². The number of amides is 1.